The van der Waals surface area contributed by atoms with Gasteiger partial charge < -0.3 is 15.5 Å². The lowest BCUT2D eigenvalue weighted by Gasteiger charge is -2.36. The zero-order valence-electron chi connectivity index (χ0n) is 12.6. The molecule has 124 valence electrons. The Balaban J connectivity index is 0.00000121. The monoisotopic (exact) mass is 346 g/mol. The first-order valence-electron chi connectivity index (χ1n) is 7.44. The Morgan fingerprint density at radius 3 is 2.41 bits per heavy atom. The summed E-state index contributed by atoms with van der Waals surface area (Å²) < 4.78 is 0. The fourth-order valence-electron chi connectivity index (χ4n) is 3.20. The number of halogens is 2. The standard InChI is InChI=1S/C15H22N4O.2ClH/c16-13-5-4-12(11-13)15(20)19-9-7-18(8-10-19)14-3-1-2-6-17-14;;/h1-3,6,12-13H,4-5,7-11,16H2;2*1H. The third-order valence-electron chi connectivity index (χ3n) is 4.39. The summed E-state index contributed by atoms with van der Waals surface area (Å²) in [6, 6.07) is 6.17. The van der Waals surface area contributed by atoms with Crippen LogP contribution in [-0.4, -0.2) is 48.0 Å². The summed E-state index contributed by atoms with van der Waals surface area (Å²) in [4.78, 5) is 21.0. The van der Waals surface area contributed by atoms with Crippen molar-refractivity contribution in [1.29, 1.82) is 0 Å². The second-order valence-corrected chi connectivity index (χ2v) is 5.77. The van der Waals surface area contributed by atoms with Gasteiger partial charge in [-0.2, -0.15) is 0 Å². The van der Waals surface area contributed by atoms with Gasteiger partial charge in [0.25, 0.3) is 0 Å². The number of rotatable bonds is 2. The normalized spacial score (nSPS) is 24.4. The maximum atomic E-state index is 12.4. The molecule has 2 heterocycles. The van der Waals surface area contributed by atoms with Crippen LogP contribution in [0.15, 0.2) is 24.4 Å². The van der Waals surface area contributed by atoms with Crippen LogP contribution in [-0.2, 0) is 4.79 Å². The Hall–Kier alpha value is -1.04. The van der Waals surface area contributed by atoms with E-state index >= 15 is 0 Å². The number of amides is 1. The molecule has 0 spiro atoms. The molecular formula is C15H24Cl2N4O. The molecule has 0 bridgehead atoms. The van der Waals surface area contributed by atoms with Gasteiger partial charge in [-0.3, -0.25) is 4.79 Å². The van der Waals surface area contributed by atoms with Gasteiger partial charge in [0, 0.05) is 44.3 Å². The maximum Gasteiger partial charge on any atom is 0.225 e. The van der Waals surface area contributed by atoms with E-state index in [1.54, 1.807) is 0 Å². The molecule has 1 aliphatic carbocycles. The zero-order valence-corrected chi connectivity index (χ0v) is 14.2. The van der Waals surface area contributed by atoms with Crippen LogP contribution < -0.4 is 10.6 Å². The van der Waals surface area contributed by atoms with E-state index in [2.05, 4.69) is 9.88 Å². The number of nitrogens with two attached hydrogens (primary N) is 1. The van der Waals surface area contributed by atoms with Crippen molar-refractivity contribution in [3.8, 4) is 0 Å². The predicted molar refractivity (Wildman–Crippen MR) is 92.8 cm³/mol. The lowest BCUT2D eigenvalue weighted by Crippen LogP contribution is -2.50. The van der Waals surface area contributed by atoms with Crippen molar-refractivity contribution < 1.29 is 4.79 Å². The number of piperazine rings is 1. The SMILES string of the molecule is Cl.Cl.NC1CCC(C(=O)N2CCN(c3ccccn3)CC2)C1. The van der Waals surface area contributed by atoms with E-state index in [4.69, 9.17) is 5.73 Å². The molecule has 0 aromatic carbocycles. The summed E-state index contributed by atoms with van der Waals surface area (Å²) >= 11 is 0. The zero-order chi connectivity index (χ0) is 13.9. The molecule has 0 radical (unpaired) electrons. The van der Waals surface area contributed by atoms with Crippen molar-refractivity contribution >= 4 is 36.5 Å². The highest BCUT2D eigenvalue weighted by Gasteiger charge is 2.32. The van der Waals surface area contributed by atoms with Crippen molar-refractivity contribution in [3.05, 3.63) is 24.4 Å². The Bertz CT molecular complexity index is 466. The molecule has 1 saturated heterocycles. The van der Waals surface area contributed by atoms with Gasteiger partial charge in [0.05, 0.1) is 0 Å². The summed E-state index contributed by atoms with van der Waals surface area (Å²) in [5.41, 5.74) is 5.90. The third kappa shape index (κ3) is 4.24. The number of hydrogen-bond donors (Lipinski definition) is 1. The third-order valence-corrected chi connectivity index (χ3v) is 4.39. The van der Waals surface area contributed by atoms with Crippen molar-refractivity contribution in [2.75, 3.05) is 31.1 Å². The average molecular weight is 347 g/mol. The highest BCUT2D eigenvalue weighted by atomic mass is 35.5. The minimum atomic E-state index is 0. The number of anilines is 1. The number of carbonyl (C=O) groups is 1. The molecule has 2 atom stereocenters. The molecule has 1 aromatic rings. The Morgan fingerprint density at radius 1 is 1.14 bits per heavy atom. The highest BCUT2D eigenvalue weighted by Crippen LogP contribution is 2.26. The van der Waals surface area contributed by atoms with Crippen molar-refractivity contribution in [2.45, 2.75) is 25.3 Å². The first kappa shape index (κ1) is 19.0. The number of aromatic nitrogens is 1. The fourth-order valence-corrected chi connectivity index (χ4v) is 3.20. The van der Waals surface area contributed by atoms with E-state index in [-0.39, 0.29) is 36.8 Å². The van der Waals surface area contributed by atoms with Crippen LogP contribution in [0.25, 0.3) is 0 Å². The smallest absolute Gasteiger partial charge is 0.225 e. The fraction of sp³-hybridized carbons (Fsp3) is 0.600. The van der Waals surface area contributed by atoms with Crippen molar-refractivity contribution in [2.24, 2.45) is 11.7 Å². The van der Waals surface area contributed by atoms with Gasteiger partial charge in [0.1, 0.15) is 5.82 Å². The second-order valence-electron chi connectivity index (χ2n) is 5.77. The molecule has 1 amide bonds. The molecule has 2 aliphatic rings. The Kier molecular flexibility index (Phi) is 7.39. The van der Waals surface area contributed by atoms with Gasteiger partial charge in [-0.1, -0.05) is 6.07 Å². The summed E-state index contributed by atoms with van der Waals surface area (Å²) in [7, 11) is 0. The van der Waals surface area contributed by atoms with Crippen LogP contribution in [0.4, 0.5) is 5.82 Å². The Morgan fingerprint density at radius 2 is 1.86 bits per heavy atom. The van der Waals surface area contributed by atoms with Crippen LogP contribution in [0.1, 0.15) is 19.3 Å². The maximum absolute atomic E-state index is 12.4. The molecule has 1 aliphatic heterocycles. The largest absolute Gasteiger partial charge is 0.353 e. The first-order valence-corrected chi connectivity index (χ1v) is 7.44. The Labute approximate surface area is 144 Å². The quantitative estimate of drug-likeness (QED) is 0.885. The van der Waals surface area contributed by atoms with Crippen LogP contribution in [0, 0.1) is 5.92 Å². The van der Waals surface area contributed by atoms with E-state index in [1.165, 1.54) is 0 Å². The minimum Gasteiger partial charge on any atom is -0.353 e. The van der Waals surface area contributed by atoms with Crippen LogP contribution in [0.3, 0.4) is 0 Å². The number of pyridine rings is 1. The van der Waals surface area contributed by atoms with Gasteiger partial charge >= 0.3 is 0 Å². The first-order chi connectivity index (χ1) is 9.74. The van der Waals surface area contributed by atoms with Gasteiger partial charge in [0.2, 0.25) is 5.91 Å². The molecule has 7 heteroatoms. The average Bonchev–Trinajstić information content (AvgIpc) is 2.94. The van der Waals surface area contributed by atoms with Crippen molar-refractivity contribution in [3.63, 3.8) is 0 Å². The topological polar surface area (TPSA) is 62.5 Å². The van der Waals surface area contributed by atoms with Gasteiger partial charge in [0.15, 0.2) is 0 Å². The van der Waals surface area contributed by atoms with Gasteiger partial charge in [-0.05, 0) is 31.4 Å². The van der Waals surface area contributed by atoms with Crippen LogP contribution >= 0.6 is 24.8 Å². The lowest BCUT2D eigenvalue weighted by molar-refractivity contribution is -0.135. The number of nitrogens with zero attached hydrogens (tertiary/aromatic N) is 3. The molecule has 22 heavy (non-hydrogen) atoms. The minimum absolute atomic E-state index is 0. The summed E-state index contributed by atoms with van der Waals surface area (Å²) in [5, 5.41) is 0. The predicted octanol–water partition coefficient (Wildman–Crippen LogP) is 1.70. The second kappa shape index (κ2) is 8.56. The molecule has 2 N–H and O–H groups in total. The number of hydrogen-bond acceptors (Lipinski definition) is 4. The lowest BCUT2D eigenvalue weighted by atomic mass is 10.1. The van der Waals surface area contributed by atoms with Gasteiger partial charge in [-0.15, -0.1) is 24.8 Å². The van der Waals surface area contributed by atoms with Crippen LogP contribution in [0.5, 0.6) is 0 Å². The summed E-state index contributed by atoms with van der Waals surface area (Å²) in [6.45, 7) is 3.31. The highest BCUT2D eigenvalue weighted by molar-refractivity contribution is 5.85. The van der Waals surface area contributed by atoms with Gasteiger partial charge in [-0.25, -0.2) is 4.98 Å². The van der Waals surface area contributed by atoms with E-state index in [0.717, 1.165) is 51.3 Å². The summed E-state index contributed by atoms with van der Waals surface area (Å²) in [6.07, 6.45) is 4.62. The van der Waals surface area contributed by atoms with Crippen molar-refractivity contribution in [1.82, 2.24) is 9.88 Å². The molecule has 2 fully saturated rings. The van der Waals surface area contributed by atoms with E-state index < -0.39 is 0 Å². The van der Waals surface area contributed by atoms with E-state index in [1.807, 2.05) is 29.3 Å². The molecule has 1 saturated carbocycles. The molecule has 3 rings (SSSR count). The molecular weight excluding hydrogens is 323 g/mol. The molecule has 5 nitrogen and oxygen atoms in total. The van der Waals surface area contributed by atoms with Crippen LogP contribution in [0.2, 0.25) is 0 Å². The van der Waals surface area contributed by atoms with E-state index in [9.17, 15) is 4.79 Å². The summed E-state index contributed by atoms with van der Waals surface area (Å²) in [5.74, 6) is 1.47. The molecule has 2 unspecified atom stereocenters. The number of carbonyl (C=O) groups excluding carboxylic acids is 1. The van der Waals surface area contributed by atoms with E-state index in [0.29, 0.717) is 5.91 Å². The molecule has 1 aromatic heterocycles.